The fourth-order valence-corrected chi connectivity index (χ4v) is 1.27. The zero-order valence-electron chi connectivity index (χ0n) is 8.06. The first-order valence-electron chi connectivity index (χ1n) is 4.53. The van der Waals surface area contributed by atoms with Crippen molar-refractivity contribution in [3.05, 3.63) is 12.2 Å². The van der Waals surface area contributed by atoms with E-state index in [-0.39, 0.29) is 11.8 Å². The van der Waals surface area contributed by atoms with Gasteiger partial charge in [0.2, 0.25) is 0 Å². The molecule has 0 spiro atoms. The molecule has 1 atom stereocenters. The van der Waals surface area contributed by atoms with E-state index in [1.54, 1.807) is 0 Å². The van der Waals surface area contributed by atoms with Crippen molar-refractivity contribution < 1.29 is 9.59 Å². The summed E-state index contributed by atoms with van der Waals surface area (Å²) in [5.41, 5.74) is 0. The highest BCUT2D eigenvalue weighted by atomic mass is 32.1. The Labute approximate surface area is 88.8 Å². The van der Waals surface area contributed by atoms with Crippen molar-refractivity contribution in [2.45, 2.75) is 13.0 Å². The topological polar surface area (TPSA) is 49.4 Å². The molecule has 1 N–H and O–H groups in total. The smallest absolute Gasteiger partial charge is 0.253 e. The average Bonchev–Trinajstić information content (AvgIpc) is 2.48. The molecule has 0 fully saturated rings. The predicted molar refractivity (Wildman–Crippen MR) is 57.2 cm³/mol. The highest BCUT2D eigenvalue weighted by Gasteiger charge is 2.22. The van der Waals surface area contributed by atoms with Gasteiger partial charge in [-0.3, -0.25) is 14.5 Å². The van der Waals surface area contributed by atoms with Crippen LogP contribution in [-0.2, 0) is 9.59 Å². The quantitative estimate of drug-likeness (QED) is 0.493. The molecule has 0 aromatic heterocycles. The number of nitrogens with zero attached hydrogens (tertiary/aromatic N) is 1. The molecule has 2 amide bonds. The first-order chi connectivity index (χ1) is 6.65. The van der Waals surface area contributed by atoms with Crippen LogP contribution in [0.5, 0.6) is 0 Å². The Morgan fingerprint density at radius 2 is 2.00 bits per heavy atom. The number of amides is 2. The van der Waals surface area contributed by atoms with Crippen molar-refractivity contribution in [2.75, 3.05) is 18.8 Å². The third-order valence-corrected chi connectivity index (χ3v) is 2.55. The molecule has 14 heavy (non-hydrogen) atoms. The average molecular weight is 214 g/mol. The van der Waals surface area contributed by atoms with E-state index in [0.717, 1.165) is 5.75 Å². The lowest BCUT2D eigenvalue weighted by atomic mass is 10.4. The lowest BCUT2D eigenvalue weighted by Gasteiger charge is -2.16. The molecule has 5 heteroatoms. The molecule has 1 aliphatic heterocycles. The predicted octanol–water partition coefficient (Wildman–Crippen LogP) is -0.181. The van der Waals surface area contributed by atoms with Crippen molar-refractivity contribution >= 4 is 24.4 Å². The molecule has 1 heterocycles. The Bertz CT molecular complexity index is 248. The standard InChI is InChI=1S/C9H14N2O2S/c1-7(6-14)10-4-5-11-8(12)2-3-9(11)13/h2-3,7,10,14H,4-6H2,1H3. The molecule has 0 aliphatic carbocycles. The van der Waals surface area contributed by atoms with E-state index < -0.39 is 0 Å². The van der Waals surface area contributed by atoms with Gasteiger partial charge >= 0.3 is 0 Å². The van der Waals surface area contributed by atoms with Crippen LogP contribution >= 0.6 is 12.6 Å². The fourth-order valence-electron chi connectivity index (χ4n) is 1.14. The largest absolute Gasteiger partial charge is 0.312 e. The van der Waals surface area contributed by atoms with Gasteiger partial charge in [-0.15, -0.1) is 0 Å². The lowest BCUT2D eigenvalue weighted by molar-refractivity contribution is -0.136. The maximum Gasteiger partial charge on any atom is 0.253 e. The first kappa shape index (κ1) is 11.3. The molecule has 0 aromatic rings. The van der Waals surface area contributed by atoms with Crippen molar-refractivity contribution in [2.24, 2.45) is 0 Å². The van der Waals surface area contributed by atoms with Gasteiger partial charge in [0, 0.05) is 37.0 Å². The zero-order valence-corrected chi connectivity index (χ0v) is 8.96. The zero-order chi connectivity index (χ0) is 10.6. The summed E-state index contributed by atoms with van der Waals surface area (Å²) in [6.07, 6.45) is 2.59. The van der Waals surface area contributed by atoms with Crippen LogP contribution in [0.4, 0.5) is 0 Å². The van der Waals surface area contributed by atoms with Crippen LogP contribution in [0.1, 0.15) is 6.92 Å². The highest BCUT2D eigenvalue weighted by Crippen LogP contribution is 2.01. The second-order valence-electron chi connectivity index (χ2n) is 3.20. The number of rotatable bonds is 5. The van der Waals surface area contributed by atoms with Gasteiger partial charge in [0.25, 0.3) is 11.8 Å². The van der Waals surface area contributed by atoms with Crippen LogP contribution in [-0.4, -0.2) is 41.6 Å². The summed E-state index contributed by atoms with van der Waals surface area (Å²) in [6.45, 7) is 3.03. The van der Waals surface area contributed by atoms with Gasteiger partial charge in [0.05, 0.1) is 0 Å². The lowest BCUT2D eigenvalue weighted by Crippen LogP contribution is -2.39. The van der Waals surface area contributed by atoms with E-state index in [2.05, 4.69) is 17.9 Å². The fraction of sp³-hybridized carbons (Fsp3) is 0.556. The number of nitrogens with one attached hydrogen (secondary N) is 1. The maximum atomic E-state index is 11.1. The normalized spacial score (nSPS) is 18.0. The molecule has 1 aliphatic rings. The number of imide groups is 1. The molecule has 1 rings (SSSR count). The monoisotopic (exact) mass is 214 g/mol. The summed E-state index contributed by atoms with van der Waals surface area (Å²) < 4.78 is 0. The molecule has 0 saturated carbocycles. The van der Waals surface area contributed by atoms with Gasteiger partial charge in [-0.2, -0.15) is 12.6 Å². The Morgan fingerprint density at radius 3 is 2.50 bits per heavy atom. The van der Waals surface area contributed by atoms with Crippen LogP contribution in [0.15, 0.2) is 12.2 Å². The second kappa shape index (κ2) is 5.17. The molecular formula is C9H14N2O2S. The van der Waals surface area contributed by atoms with Crippen molar-refractivity contribution in [1.29, 1.82) is 0 Å². The second-order valence-corrected chi connectivity index (χ2v) is 3.56. The van der Waals surface area contributed by atoms with Gasteiger partial charge < -0.3 is 5.32 Å². The third kappa shape index (κ3) is 2.85. The van der Waals surface area contributed by atoms with Crippen LogP contribution in [0, 0.1) is 0 Å². The Hall–Kier alpha value is -0.810. The number of carbonyl (C=O) groups excluding carboxylic acids is 2. The summed E-state index contributed by atoms with van der Waals surface area (Å²) in [5.74, 6) is 0.283. The Morgan fingerprint density at radius 1 is 1.43 bits per heavy atom. The number of hydrogen-bond donors (Lipinski definition) is 2. The van der Waals surface area contributed by atoms with E-state index in [9.17, 15) is 9.59 Å². The van der Waals surface area contributed by atoms with Crippen molar-refractivity contribution in [3.63, 3.8) is 0 Å². The Balaban J connectivity index is 2.25. The van der Waals surface area contributed by atoms with E-state index in [4.69, 9.17) is 0 Å². The van der Waals surface area contributed by atoms with Crippen molar-refractivity contribution in [3.8, 4) is 0 Å². The summed E-state index contributed by atoms with van der Waals surface area (Å²) >= 11 is 4.11. The van der Waals surface area contributed by atoms with Gasteiger partial charge in [-0.05, 0) is 6.92 Å². The molecule has 4 nitrogen and oxygen atoms in total. The third-order valence-electron chi connectivity index (χ3n) is 2.00. The van der Waals surface area contributed by atoms with E-state index in [0.29, 0.717) is 19.1 Å². The molecular weight excluding hydrogens is 200 g/mol. The van der Waals surface area contributed by atoms with Gasteiger partial charge in [0.15, 0.2) is 0 Å². The van der Waals surface area contributed by atoms with Crippen LogP contribution < -0.4 is 5.32 Å². The summed E-state index contributed by atoms with van der Waals surface area (Å²) in [6, 6.07) is 0.291. The number of thiol groups is 1. The summed E-state index contributed by atoms with van der Waals surface area (Å²) in [5, 5.41) is 3.15. The molecule has 0 saturated heterocycles. The summed E-state index contributed by atoms with van der Waals surface area (Å²) in [7, 11) is 0. The molecule has 0 radical (unpaired) electrons. The first-order valence-corrected chi connectivity index (χ1v) is 5.16. The van der Waals surface area contributed by atoms with E-state index in [1.165, 1.54) is 17.1 Å². The minimum atomic E-state index is -0.227. The molecule has 0 bridgehead atoms. The van der Waals surface area contributed by atoms with Crippen LogP contribution in [0.3, 0.4) is 0 Å². The van der Waals surface area contributed by atoms with E-state index >= 15 is 0 Å². The highest BCUT2D eigenvalue weighted by molar-refractivity contribution is 7.80. The van der Waals surface area contributed by atoms with E-state index in [1.807, 2.05) is 6.92 Å². The maximum absolute atomic E-state index is 11.1. The van der Waals surface area contributed by atoms with Gasteiger partial charge in [-0.25, -0.2) is 0 Å². The van der Waals surface area contributed by atoms with Crippen LogP contribution in [0.25, 0.3) is 0 Å². The minimum Gasteiger partial charge on any atom is -0.312 e. The van der Waals surface area contributed by atoms with Crippen molar-refractivity contribution in [1.82, 2.24) is 10.2 Å². The minimum absolute atomic E-state index is 0.227. The molecule has 78 valence electrons. The van der Waals surface area contributed by atoms with Gasteiger partial charge in [-0.1, -0.05) is 0 Å². The molecule has 1 unspecified atom stereocenters. The summed E-state index contributed by atoms with van der Waals surface area (Å²) in [4.78, 5) is 23.4. The molecule has 0 aromatic carbocycles. The van der Waals surface area contributed by atoms with Crippen LogP contribution in [0.2, 0.25) is 0 Å². The number of hydrogen-bond acceptors (Lipinski definition) is 4. The number of carbonyl (C=O) groups is 2. The SMILES string of the molecule is CC(CS)NCCN1C(=O)C=CC1=O. The Kier molecular flexibility index (Phi) is 4.16. The van der Waals surface area contributed by atoms with Gasteiger partial charge in [0.1, 0.15) is 0 Å².